The fourth-order valence-electron chi connectivity index (χ4n) is 2.37. The van der Waals surface area contributed by atoms with Crippen molar-refractivity contribution in [1.29, 1.82) is 0 Å². The molecule has 3 rings (SSSR count). The minimum atomic E-state index is -0.0213. The summed E-state index contributed by atoms with van der Waals surface area (Å²) in [5, 5.41) is 8.99. The van der Waals surface area contributed by atoms with Crippen molar-refractivity contribution in [3.63, 3.8) is 0 Å². The molecule has 0 aliphatic heterocycles. The van der Waals surface area contributed by atoms with Crippen LogP contribution in [-0.2, 0) is 17.8 Å². The number of aryl methyl sites for hydroxylation is 1. The van der Waals surface area contributed by atoms with Gasteiger partial charge in [0.25, 0.3) is 0 Å². The average molecular weight is 280 g/mol. The topological polar surface area (TPSA) is 55.1 Å². The van der Waals surface area contributed by atoms with Gasteiger partial charge in [-0.1, -0.05) is 47.6 Å². The first kappa shape index (κ1) is 13.4. The molecule has 0 saturated carbocycles. The molecule has 4 heteroatoms. The minimum absolute atomic E-state index is 0.0213. The summed E-state index contributed by atoms with van der Waals surface area (Å²) < 4.78 is 4.97. The number of nitrogens with one attached hydrogen (secondary N) is 1. The van der Waals surface area contributed by atoms with E-state index in [4.69, 9.17) is 4.52 Å². The summed E-state index contributed by atoms with van der Waals surface area (Å²) in [7, 11) is 0. The van der Waals surface area contributed by atoms with Gasteiger partial charge in [-0.3, -0.25) is 4.79 Å². The lowest BCUT2D eigenvalue weighted by molar-refractivity contribution is -0.120. The van der Waals surface area contributed by atoms with Crippen molar-refractivity contribution >= 4 is 16.7 Å². The third-order valence-corrected chi connectivity index (χ3v) is 3.37. The lowest BCUT2D eigenvalue weighted by Gasteiger charge is -2.07. The summed E-state index contributed by atoms with van der Waals surface area (Å²) in [5.74, 6) is 0.723. The molecular weight excluding hydrogens is 264 g/mol. The number of aromatic nitrogens is 1. The molecule has 0 radical (unpaired) electrons. The molecule has 1 aromatic heterocycles. The predicted octanol–water partition coefficient (Wildman–Crippen LogP) is 3.00. The van der Waals surface area contributed by atoms with Gasteiger partial charge >= 0.3 is 0 Å². The van der Waals surface area contributed by atoms with Crippen molar-refractivity contribution in [1.82, 2.24) is 10.5 Å². The van der Waals surface area contributed by atoms with E-state index in [1.54, 1.807) is 0 Å². The normalized spacial score (nSPS) is 10.7. The summed E-state index contributed by atoms with van der Waals surface area (Å²) in [4.78, 5) is 12.1. The van der Waals surface area contributed by atoms with E-state index in [1.807, 2.05) is 43.3 Å². The summed E-state index contributed by atoms with van der Waals surface area (Å²) in [6, 6.07) is 15.9. The first-order valence-electron chi connectivity index (χ1n) is 6.88. The summed E-state index contributed by atoms with van der Waals surface area (Å²) in [5.41, 5.74) is 1.76. The number of fused-ring (bicyclic) bond motifs is 1. The SMILES string of the molecule is Cc1cc(CNC(=O)Cc2cccc3ccccc23)no1. The molecule has 0 unspecified atom stereocenters. The third kappa shape index (κ3) is 3.11. The lowest BCUT2D eigenvalue weighted by atomic mass is 10.0. The smallest absolute Gasteiger partial charge is 0.224 e. The van der Waals surface area contributed by atoms with E-state index >= 15 is 0 Å². The molecule has 0 fully saturated rings. The second-order valence-electron chi connectivity index (χ2n) is 5.02. The van der Waals surface area contributed by atoms with Gasteiger partial charge in [0, 0.05) is 6.07 Å². The van der Waals surface area contributed by atoms with E-state index in [0.29, 0.717) is 13.0 Å². The Morgan fingerprint density at radius 3 is 2.81 bits per heavy atom. The zero-order valence-electron chi connectivity index (χ0n) is 11.8. The fraction of sp³-hybridized carbons (Fsp3) is 0.176. The molecular formula is C17H16N2O2. The van der Waals surface area contributed by atoms with E-state index in [-0.39, 0.29) is 5.91 Å². The number of nitrogens with zero attached hydrogens (tertiary/aromatic N) is 1. The minimum Gasteiger partial charge on any atom is -0.361 e. The molecule has 2 aromatic carbocycles. The van der Waals surface area contributed by atoms with Gasteiger partial charge in [-0.05, 0) is 23.3 Å². The highest BCUT2D eigenvalue weighted by Gasteiger charge is 2.08. The van der Waals surface area contributed by atoms with Crippen molar-refractivity contribution in [2.75, 3.05) is 0 Å². The Hall–Kier alpha value is -2.62. The van der Waals surface area contributed by atoms with Crippen LogP contribution >= 0.6 is 0 Å². The molecule has 1 N–H and O–H groups in total. The number of rotatable bonds is 4. The van der Waals surface area contributed by atoms with E-state index in [1.165, 1.54) is 0 Å². The monoisotopic (exact) mass is 280 g/mol. The van der Waals surface area contributed by atoms with Crippen LogP contribution < -0.4 is 5.32 Å². The molecule has 0 aliphatic carbocycles. The Balaban J connectivity index is 1.69. The Labute approximate surface area is 122 Å². The van der Waals surface area contributed by atoms with Gasteiger partial charge in [0.05, 0.1) is 13.0 Å². The maximum absolute atomic E-state index is 12.1. The van der Waals surface area contributed by atoms with E-state index < -0.39 is 0 Å². The average Bonchev–Trinajstić information content (AvgIpc) is 2.91. The van der Waals surface area contributed by atoms with Gasteiger partial charge < -0.3 is 9.84 Å². The van der Waals surface area contributed by atoms with Gasteiger partial charge in [0.1, 0.15) is 11.5 Å². The van der Waals surface area contributed by atoms with Gasteiger partial charge in [-0.2, -0.15) is 0 Å². The number of hydrogen-bond donors (Lipinski definition) is 1. The Kier molecular flexibility index (Phi) is 3.69. The zero-order valence-corrected chi connectivity index (χ0v) is 11.8. The fourth-order valence-corrected chi connectivity index (χ4v) is 2.37. The van der Waals surface area contributed by atoms with Crippen molar-refractivity contribution < 1.29 is 9.32 Å². The van der Waals surface area contributed by atoms with E-state index in [0.717, 1.165) is 27.8 Å². The van der Waals surface area contributed by atoms with Crippen LogP contribution in [0.2, 0.25) is 0 Å². The molecule has 0 bridgehead atoms. The number of carbonyl (C=O) groups is 1. The summed E-state index contributed by atoms with van der Waals surface area (Å²) >= 11 is 0. The highest BCUT2D eigenvalue weighted by Crippen LogP contribution is 2.18. The lowest BCUT2D eigenvalue weighted by Crippen LogP contribution is -2.24. The van der Waals surface area contributed by atoms with Crippen LogP contribution in [0.15, 0.2) is 53.1 Å². The Morgan fingerprint density at radius 2 is 2.00 bits per heavy atom. The molecule has 3 aromatic rings. The number of hydrogen-bond acceptors (Lipinski definition) is 3. The number of amides is 1. The van der Waals surface area contributed by atoms with Crippen molar-refractivity contribution in [2.45, 2.75) is 19.9 Å². The van der Waals surface area contributed by atoms with Crippen LogP contribution in [0.5, 0.6) is 0 Å². The summed E-state index contributed by atoms with van der Waals surface area (Å²) in [6.45, 7) is 2.22. The Bertz CT molecular complexity index is 772. The van der Waals surface area contributed by atoms with Crippen molar-refractivity contribution in [2.24, 2.45) is 0 Å². The van der Waals surface area contributed by atoms with E-state index in [2.05, 4.69) is 22.6 Å². The standard InChI is InChI=1S/C17H16N2O2/c1-12-9-15(19-21-12)11-18-17(20)10-14-7-4-6-13-5-2-3-8-16(13)14/h2-9H,10-11H2,1H3,(H,18,20). The molecule has 0 aliphatic rings. The second-order valence-corrected chi connectivity index (χ2v) is 5.02. The van der Waals surface area contributed by atoms with Crippen LogP contribution in [0.1, 0.15) is 17.0 Å². The maximum Gasteiger partial charge on any atom is 0.224 e. The van der Waals surface area contributed by atoms with Crippen LogP contribution in [0, 0.1) is 6.92 Å². The molecule has 21 heavy (non-hydrogen) atoms. The number of carbonyl (C=O) groups excluding carboxylic acids is 1. The van der Waals surface area contributed by atoms with Gasteiger partial charge in [0.15, 0.2) is 0 Å². The largest absolute Gasteiger partial charge is 0.361 e. The first-order chi connectivity index (χ1) is 10.2. The van der Waals surface area contributed by atoms with Gasteiger partial charge in [-0.15, -0.1) is 0 Å². The van der Waals surface area contributed by atoms with Crippen LogP contribution in [0.4, 0.5) is 0 Å². The zero-order chi connectivity index (χ0) is 14.7. The highest BCUT2D eigenvalue weighted by molar-refractivity contribution is 5.90. The van der Waals surface area contributed by atoms with Crippen LogP contribution in [-0.4, -0.2) is 11.1 Å². The second kappa shape index (κ2) is 5.79. The first-order valence-corrected chi connectivity index (χ1v) is 6.88. The molecule has 0 atom stereocenters. The quantitative estimate of drug-likeness (QED) is 0.799. The maximum atomic E-state index is 12.1. The number of benzene rings is 2. The Morgan fingerprint density at radius 1 is 1.19 bits per heavy atom. The van der Waals surface area contributed by atoms with Gasteiger partial charge in [0.2, 0.25) is 5.91 Å². The molecule has 1 heterocycles. The summed E-state index contributed by atoms with van der Waals surface area (Å²) in [6.07, 6.45) is 0.359. The molecule has 1 amide bonds. The van der Waals surface area contributed by atoms with E-state index in [9.17, 15) is 4.79 Å². The third-order valence-electron chi connectivity index (χ3n) is 3.37. The molecule has 0 spiro atoms. The van der Waals surface area contributed by atoms with Crippen LogP contribution in [0.3, 0.4) is 0 Å². The molecule has 106 valence electrons. The van der Waals surface area contributed by atoms with Crippen molar-refractivity contribution in [3.8, 4) is 0 Å². The van der Waals surface area contributed by atoms with Crippen LogP contribution in [0.25, 0.3) is 10.8 Å². The van der Waals surface area contributed by atoms with Crippen molar-refractivity contribution in [3.05, 3.63) is 65.5 Å². The predicted molar refractivity (Wildman–Crippen MR) is 80.7 cm³/mol. The highest BCUT2D eigenvalue weighted by atomic mass is 16.5. The molecule has 0 saturated heterocycles. The van der Waals surface area contributed by atoms with Gasteiger partial charge in [-0.25, -0.2) is 0 Å². The molecule has 4 nitrogen and oxygen atoms in total.